The molecule has 1 amide bonds. The van der Waals surface area contributed by atoms with Crippen molar-refractivity contribution in [2.45, 2.75) is 58.2 Å². The molecule has 5 rings (SSSR count). The van der Waals surface area contributed by atoms with Crippen molar-refractivity contribution < 1.29 is 19.4 Å². The third-order valence-electron chi connectivity index (χ3n) is 7.40. The third-order valence-corrected chi connectivity index (χ3v) is 7.40. The highest BCUT2D eigenvalue weighted by atomic mass is 16.5. The maximum atomic E-state index is 13.3. The fourth-order valence-corrected chi connectivity index (χ4v) is 5.68. The average Bonchev–Trinajstić information content (AvgIpc) is 3.31. The number of rotatable bonds is 3. The van der Waals surface area contributed by atoms with Gasteiger partial charge in [0.2, 0.25) is 0 Å². The largest absolute Gasteiger partial charge is 0.487 e. The van der Waals surface area contributed by atoms with Gasteiger partial charge in [0.15, 0.2) is 5.78 Å². The second kappa shape index (κ2) is 7.83. The van der Waals surface area contributed by atoms with Gasteiger partial charge < -0.3 is 19.7 Å². The lowest BCUT2D eigenvalue weighted by atomic mass is 9.78. The minimum Gasteiger partial charge on any atom is -0.487 e. The number of fused-ring (bicyclic) bond motifs is 2. The van der Waals surface area contributed by atoms with E-state index >= 15 is 0 Å². The van der Waals surface area contributed by atoms with Crippen LogP contribution in [-0.4, -0.2) is 52.0 Å². The maximum absolute atomic E-state index is 13.3. The van der Waals surface area contributed by atoms with Crippen molar-refractivity contribution in [1.82, 2.24) is 9.88 Å². The van der Waals surface area contributed by atoms with Crippen LogP contribution in [0, 0.1) is 25.7 Å². The summed E-state index contributed by atoms with van der Waals surface area (Å²) in [5, 5.41) is 10.7. The number of Topliss-reactive ketones (excluding diaryl/α,β-unsaturated/α-hetero) is 1. The molecule has 2 heterocycles. The maximum Gasteiger partial charge on any atom is 0.270 e. The van der Waals surface area contributed by atoms with Gasteiger partial charge in [0, 0.05) is 30.8 Å². The van der Waals surface area contributed by atoms with Gasteiger partial charge in [0.25, 0.3) is 5.91 Å². The van der Waals surface area contributed by atoms with Crippen LogP contribution >= 0.6 is 0 Å². The van der Waals surface area contributed by atoms with Crippen molar-refractivity contribution in [3.63, 3.8) is 0 Å². The first-order chi connectivity index (χ1) is 14.9. The number of amides is 1. The van der Waals surface area contributed by atoms with Crippen molar-refractivity contribution in [1.29, 1.82) is 0 Å². The molecule has 1 saturated carbocycles. The second-order valence-corrected chi connectivity index (χ2v) is 9.45. The van der Waals surface area contributed by atoms with E-state index in [1.54, 1.807) is 0 Å². The molecular weight excluding hydrogens is 392 g/mol. The number of aliphatic hydroxyl groups excluding tert-OH is 1. The Morgan fingerprint density at radius 1 is 1.13 bits per heavy atom. The Hall–Kier alpha value is -2.60. The van der Waals surface area contributed by atoms with Crippen LogP contribution in [0.5, 0.6) is 5.75 Å². The van der Waals surface area contributed by atoms with Crippen molar-refractivity contribution >= 4 is 11.7 Å². The van der Waals surface area contributed by atoms with Gasteiger partial charge in [-0.2, -0.15) is 0 Å². The van der Waals surface area contributed by atoms with Gasteiger partial charge in [0.05, 0.1) is 6.10 Å². The van der Waals surface area contributed by atoms with E-state index in [0.717, 1.165) is 47.4 Å². The number of aromatic nitrogens is 1. The molecule has 2 fully saturated rings. The van der Waals surface area contributed by atoms with Crippen molar-refractivity contribution in [3.05, 3.63) is 52.3 Å². The van der Waals surface area contributed by atoms with Crippen LogP contribution in [0.1, 0.15) is 63.4 Å². The number of benzene rings is 1. The van der Waals surface area contributed by atoms with Gasteiger partial charge in [0.1, 0.15) is 17.5 Å². The number of ketones is 1. The number of ether oxygens (including phenoxy) is 1. The fraction of sp³-hybridized carbons (Fsp3) is 0.520. The van der Waals surface area contributed by atoms with E-state index in [2.05, 4.69) is 4.98 Å². The number of carbonyl (C=O) groups excluding carboxylic acids is 2. The summed E-state index contributed by atoms with van der Waals surface area (Å²) in [4.78, 5) is 30.8. The molecule has 0 bridgehead atoms. The van der Waals surface area contributed by atoms with E-state index in [0.29, 0.717) is 37.5 Å². The Labute approximate surface area is 182 Å². The van der Waals surface area contributed by atoms with Gasteiger partial charge >= 0.3 is 0 Å². The fourth-order valence-electron chi connectivity index (χ4n) is 5.68. The molecule has 0 spiro atoms. The molecule has 164 valence electrons. The van der Waals surface area contributed by atoms with Crippen LogP contribution in [0.2, 0.25) is 0 Å². The summed E-state index contributed by atoms with van der Waals surface area (Å²) in [6.45, 7) is 5.20. The van der Waals surface area contributed by atoms with Gasteiger partial charge in [-0.25, -0.2) is 0 Å². The van der Waals surface area contributed by atoms with Crippen molar-refractivity contribution in [3.8, 4) is 5.75 Å². The topological polar surface area (TPSA) is 82.6 Å². The van der Waals surface area contributed by atoms with E-state index in [1.807, 2.05) is 43.0 Å². The molecule has 3 aliphatic rings. The number of nitrogens with one attached hydrogen (secondary N) is 1. The Morgan fingerprint density at radius 3 is 2.61 bits per heavy atom. The summed E-state index contributed by atoms with van der Waals surface area (Å²) in [5.74, 6) is 1.52. The quantitative estimate of drug-likeness (QED) is 0.794. The zero-order chi connectivity index (χ0) is 21.7. The van der Waals surface area contributed by atoms with Gasteiger partial charge in [-0.3, -0.25) is 9.59 Å². The second-order valence-electron chi connectivity index (χ2n) is 9.45. The Morgan fingerprint density at radius 2 is 1.87 bits per heavy atom. The Bertz CT molecular complexity index is 1030. The molecule has 1 aromatic heterocycles. The number of nitrogens with zero attached hydrogens (tertiary/aromatic N) is 1. The number of likely N-dealkylation sites (tertiary alicyclic amines) is 1. The molecule has 6 nitrogen and oxygen atoms in total. The summed E-state index contributed by atoms with van der Waals surface area (Å²) >= 11 is 0. The minimum atomic E-state index is -0.534. The highest BCUT2D eigenvalue weighted by molar-refractivity contribution is 6.04. The number of para-hydroxylation sites is 1. The molecule has 4 atom stereocenters. The molecule has 1 saturated heterocycles. The molecule has 1 aliphatic heterocycles. The van der Waals surface area contributed by atoms with E-state index in [-0.39, 0.29) is 23.7 Å². The average molecular weight is 423 g/mol. The lowest BCUT2D eigenvalue weighted by Gasteiger charge is -2.35. The standard InChI is InChI=1S/C25H30N2O4/c1-14-6-3-4-9-21(14)31-22-11-17-13-27(12-16(17)10-20(22)29)25(30)24-15(2)23-18(26-24)7-5-8-19(23)28/h3-4,6,9,16-17,20,22,26,29H,5,7-8,10-13H2,1-2H3/t16-,17+,20+,22+/m0/s1. The van der Waals surface area contributed by atoms with Crippen LogP contribution in [-0.2, 0) is 6.42 Å². The van der Waals surface area contributed by atoms with E-state index in [1.165, 1.54) is 0 Å². The highest BCUT2D eigenvalue weighted by Crippen LogP contribution is 2.39. The zero-order valence-electron chi connectivity index (χ0n) is 18.2. The SMILES string of the molecule is Cc1ccccc1O[C@@H]1C[C@@H]2CN(C(=O)c3[nH]c4c(c3C)C(=O)CCC4)C[C@@H]2C[C@H]1O. The van der Waals surface area contributed by atoms with Crippen LogP contribution in [0.25, 0.3) is 0 Å². The molecule has 0 radical (unpaired) electrons. The van der Waals surface area contributed by atoms with E-state index < -0.39 is 6.10 Å². The molecule has 2 aliphatic carbocycles. The van der Waals surface area contributed by atoms with E-state index in [4.69, 9.17) is 4.74 Å². The summed E-state index contributed by atoms with van der Waals surface area (Å²) < 4.78 is 6.18. The summed E-state index contributed by atoms with van der Waals surface area (Å²) in [6, 6.07) is 7.87. The van der Waals surface area contributed by atoms with Crippen LogP contribution in [0.3, 0.4) is 0 Å². The molecule has 0 unspecified atom stereocenters. The number of aryl methyl sites for hydroxylation is 2. The summed E-state index contributed by atoms with van der Waals surface area (Å²) in [7, 11) is 0. The van der Waals surface area contributed by atoms with Crippen molar-refractivity contribution in [2.75, 3.05) is 13.1 Å². The van der Waals surface area contributed by atoms with Crippen LogP contribution in [0.15, 0.2) is 24.3 Å². The minimum absolute atomic E-state index is 0.0278. The number of aliphatic hydroxyl groups is 1. The summed E-state index contributed by atoms with van der Waals surface area (Å²) in [6.07, 6.45) is 2.82. The lowest BCUT2D eigenvalue weighted by Crippen LogP contribution is -2.42. The first kappa shape index (κ1) is 20.3. The van der Waals surface area contributed by atoms with Gasteiger partial charge in [-0.05, 0) is 68.6 Å². The van der Waals surface area contributed by atoms with E-state index in [9.17, 15) is 14.7 Å². The first-order valence-electron chi connectivity index (χ1n) is 11.4. The normalized spacial score (nSPS) is 27.7. The Balaban J connectivity index is 1.30. The number of aromatic amines is 1. The molecule has 6 heteroatoms. The number of carbonyl (C=O) groups is 2. The molecule has 1 aromatic carbocycles. The predicted octanol–water partition coefficient (Wildman–Crippen LogP) is 3.44. The van der Waals surface area contributed by atoms with Crippen LogP contribution < -0.4 is 4.74 Å². The zero-order valence-corrected chi connectivity index (χ0v) is 18.2. The number of hydrogen-bond acceptors (Lipinski definition) is 4. The summed E-state index contributed by atoms with van der Waals surface area (Å²) in [5.41, 5.74) is 4.05. The van der Waals surface area contributed by atoms with Gasteiger partial charge in [-0.1, -0.05) is 18.2 Å². The molecule has 31 heavy (non-hydrogen) atoms. The van der Waals surface area contributed by atoms with Crippen molar-refractivity contribution in [2.24, 2.45) is 11.8 Å². The first-order valence-corrected chi connectivity index (χ1v) is 11.4. The number of H-pyrrole nitrogens is 1. The monoisotopic (exact) mass is 422 g/mol. The highest BCUT2D eigenvalue weighted by Gasteiger charge is 2.44. The lowest BCUT2D eigenvalue weighted by molar-refractivity contribution is -0.0234. The smallest absolute Gasteiger partial charge is 0.270 e. The molecular formula is C25H30N2O4. The predicted molar refractivity (Wildman–Crippen MR) is 117 cm³/mol. The van der Waals surface area contributed by atoms with Gasteiger partial charge in [-0.15, -0.1) is 0 Å². The van der Waals surface area contributed by atoms with Crippen LogP contribution in [0.4, 0.5) is 0 Å². The number of hydrogen-bond donors (Lipinski definition) is 2. The third kappa shape index (κ3) is 3.57. The Kier molecular flexibility index (Phi) is 5.13. The molecule has 2 aromatic rings. The molecule has 2 N–H and O–H groups in total.